The first-order chi connectivity index (χ1) is 10.2. The molecule has 0 amide bonds. The van der Waals surface area contributed by atoms with Gasteiger partial charge in [-0.3, -0.25) is 4.79 Å². The van der Waals surface area contributed by atoms with E-state index in [2.05, 4.69) is 14.5 Å². The van der Waals surface area contributed by atoms with Crippen LogP contribution >= 0.6 is 0 Å². The largest absolute Gasteiger partial charge is 0.574 e. The third kappa shape index (κ3) is 5.10. The first kappa shape index (κ1) is 18.1. The van der Waals surface area contributed by atoms with Crippen LogP contribution in [0.4, 0.5) is 22.0 Å². The summed E-state index contributed by atoms with van der Waals surface area (Å²) in [6.45, 7) is 0.927. The molecule has 1 rings (SSSR count). The zero-order chi connectivity index (χ0) is 16.9. The summed E-state index contributed by atoms with van der Waals surface area (Å²) in [6.07, 6.45) is -8.79. The minimum absolute atomic E-state index is 0.0350. The summed E-state index contributed by atoms with van der Waals surface area (Å²) in [5.41, 5.74) is 3.53. The van der Waals surface area contributed by atoms with Crippen LogP contribution in [-0.4, -0.2) is 23.9 Å². The Morgan fingerprint density at radius 2 is 2.05 bits per heavy atom. The number of carbonyl (C=O) groups is 1. The fourth-order valence-corrected chi connectivity index (χ4v) is 1.66. The van der Waals surface area contributed by atoms with Gasteiger partial charge in [-0.15, -0.1) is 13.2 Å². The molecule has 0 spiro atoms. The number of nitrogens with two attached hydrogens (primary N) is 1. The monoisotopic (exact) mass is 328 g/mol. The van der Waals surface area contributed by atoms with Crippen LogP contribution < -0.4 is 10.5 Å². The molecule has 0 bridgehead atoms. The molecule has 22 heavy (non-hydrogen) atoms. The number of pyridine rings is 1. The lowest BCUT2D eigenvalue weighted by Gasteiger charge is -2.16. The Morgan fingerprint density at radius 1 is 1.41 bits per heavy atom. The smallest absolute Gasteiger partial charge is 0.466 e. The molecular formula is C12H13F5N2O3. The molecule has 0 radical (unpaired) electrons. The molecule has 0 aliphatic heterocycles. The van der Waals surface area contributed by atoms with Crippen LogP contribution in [0.15, 0.2) is 6.07 Å². The van der Waals surface area contributed by atoms with Crippen LogP contribution in [0.1, 0.15) is 30.2 Å². The van der Waals surface area contributed by atoms with Crippen molar-refractivity contribution in [1.82, 2.24) is 4.98 Å². The average molecular weight is 328 g/mol. The summed E-state index contributed by atoms with van der Waals surface area (Å²) in [5, 5.41) is 0. The van der Waals surface area contributed by atoms with Gasteiger partial charge in [0.25, 0.3) is 6.43 Å². The van der Waals surface area contributed by atoms with E-state index in [4.69, 9.17) is 5.73 Å². The molecule has 1 aromatic rings. The molecular weight excluding hydrogens is 315 g/mol. The van der Waals surface area contributed by atoms with Crippen molar-refractivity contribution in [3.8, 4) is 5.88 Å². The lowest BCUT2D eigenvalue weighted by molar-refractivity contribution is -0.276. The summed E-state index contributed by atoms with van der Waals surface area (Å²) >= 11 is 0. The molecule has 0 aliphatic rings. The second-order valence-corrected chi connectivity index (χ2v) is 4.02. The lowest BCUT2D eigenvalue weighted by Crippen LogP contribution is -2.21. The van der Waals surface area contributed by atoms with E-state index < -0.39 is 48.7 Å². The van der Waals surface area contributed by atoms with E-state index in [0.29, 0.717) is 0 Å². The van der Waals surface area contributed by atoms with Crippen molar-refractivity contribution in [2.24, 2.45) is 5.73 Å². The fraction of sp³-hybridized carbons (Fsp3) is 0.500. The molecule has 0 saturated heterocycles. The Hall–Kier alpha value is -1.97. The Morgan fingerprint density at radius 3 is 2.50 bits per heavy atom. The number of ether oxygens (including phenoxy) is 2. The molecule has 0 fully saturated rings. The summed E-state index contributed by atoms with van der Waals surface area (Å²) < 4.78 is 71.1. The number of aromatic nitrogens is 1. The molecule has 0 unspecified atom stereocenters. The van der Waals surface area contributed by atoms with Gasteiger partial charge in [-0.2, -0.15) is 0 Å². The molecule has 124 valence electrons. The Kier molecular flexibility index (Phi) is 6.03. The molecule has 2 N–H and O–H groups in total. The normalized spacial score (nSPS) is 11.6. The van der Waals surface area contributed by atoms with Crippen LogP contribution in [0.2, 0.25) is 0 Å². The molecule has 0 aliphatic carbocycles. The van der Waals surface area contributed by atoms with Gasteiger partial charge in [0, 0.05) is 17.7 Å². The van der Waals surface area contributed by atoms with E-state index in [-0.39, 0.29) is 12.3 Å². The predicted octanol–water partition coefficient (Wildman–Crippen LogP) is 2.48. The third-order valence-corrected chi connectivity index (χ3v) is 2.46. The zero-order valence-electron chi connectivity index (χ0n) is 11.4. The number of halogens is 5. The number of rotatable bonds is 6. The van der Waals surface area contributed by atoms with Gasteiger partial charge in [0.1, 0.15) is 0 Å². The van der Waals surface area contributed by atoms with Gasteiger partial charge in [-0.05, 0) is 13.0 Å². The van der Waals surface area contributed by atoms with Crippen LogP contribution in [0.25, 0.3) is 0 Å². The number of nitrogens with zero attached hydrogens (tertiary/aromatic N) is 1. The van der Waals surface area contributed by atoms with Gasteiger partial charge in [0.15, 0.2) is 0 Å². The quantitative estimate of drug-likeness (QED) is 0.641. The van der Waals surface area contributed by atoms with Gasteiger partial charge in [0.05, 0.1) is 18.7 Å². The molecule has 1 aromatic heterocycles. The number of carbonyl (C=O) groups excluding carboxylic acids is 1. The van der Waals surface area contributed by atoms with Crippen molar-refractivity contribution in [1.29, 1.82) is 0 Å². The van der Waals surface area contributed by atoms with E-state index in [9.17, 15) is 26.7 Å². The van der Waals surface area contributed by atoms with Crippen molar-refractivity contribution < 1.29 is 36.2 Å². The van der Waals surface area contributed by atoms with Crippen molar-refractivity contribution in [2.75, 3.05) is 6.61 Å². The highest BCUT2D eigenvalue weighted by molar-refractivity contribution is 5.72. The topological polar surface area (TPSA) is 74.4 Å². The van der Waals surface area contributed by atoms with Gasteiger partial charge >= 0.3 is 12.3 Å². The SMILES string of the molecule is CCOC(=O)Cc1cc(C(F)F)c(CN)c(OC(F)(F)F)n1. The molecule has 10 heteroatoms. The molecule has 0 saturated carbocycles. The lowest BCUT2D eigenvalue weighted by atomic mass is 10.1. The van der Waals surface area contributed by atoms with Crippen molar-refractivity contribution in [3.05, 3.63) is 22.9 Å². The third-order valence-electron chi connectivity index (χ3n) is 2.46. The number of hydrogen-bond acceptors (Lipinski definition) is 5. The summed E-state index contributed by atoms with van der Waals surface area (Å²) in [4.78, 5) is 14.7. The van der Waals surface area contributed by atoms with Gasteiger partial charge in [0.2, 0.25) is 5.88 Å². The average Bonchev–Trinajstić information content (AvgIpc) is 2.36. The van der Waals surface area contributed by atoms with E-state index in [1.54, 1.807) is 0 Å². The zero-order valence-corrected chi connectivity index (χ0v) is 11.4. The predicted molar refractivity (Wildman–Crippen MR) is 64.1 cm³/mol. The molecule has 1 heterocycles. The highest BCUT2D eigenvalue weighted by Gasteiger charge is 2.34. The van der Waals surface area contributed by atoms with Gasteiger partial charge < -0.3 is 15.2 Å². The Labute approximate surface area is 122 Å². The molecule has 0 atom stereocenters. The maximum absolute atomic E-state index is 13.0. The summed E-state index contributed by atoms with van der Waals surface area (Å²) in [5.74, 6) is -1.90. The van der Waals surface area contributed by atoms with E-state index >= 15 is 0 Å². The summed E-state index contributed by atoms with van der Waals surface area (Å²) in [6, 6.07) is 0.813. The number of hydrogen-bond donors (Lipinski definition) is 1. The minimum atomic E-state index is -5.13. The first-order valence-corrected chi connectivity index (χ1v) is 6.10. The van der Waals surface area contributed by atoms with Crippen molar-refractivity contribution in [2.45, 2.75) is 32.7 Å². The van der Waals surface area contributed by atoms with Crippen LogP contribution in [0.5, 0.6) is 5.88 Å². The maximum atomic E-state index is 13.0. The highest BCUT2D eigenvalue weighted by atomic mass is 19.4. The highest BCUT2D eigenvalue weighted by Crippen LogP contribution is 2.32. The van der Waals surface area contributed by atoms with E-state index in [1.807, 2.05) is 0 Å². The Bertz CT molecular complexity index is 534. The van der Waals surface area contributed by atoms with Crippen molar-refractivity contribution in [3.63, 3.8) is 0 Å². The Balaban J connectivity index is 3.27. The van der Waals surface area contributed by atoms with Gasteiger partial charge in [-0.1, -0.05) is 0 Å². The van der Waals surface area contributed by atoms with Crippen LogP contribution in [0, 0.1) is 0 Å². The standard InChI is InChI=1S/C12H13F5N2O3/c1-2-21-9(20)4-6-3-7(10(13)14)8(5-18)11(19-6)22-12(15,16)17/h3,10H,2,4-5,18H2,1H3. The molecule has 0 aromatic carbocycles. The second kappa shape index (κ2) is 7.34. The van der Waals surface area contributed by atoms with E-state index in [1.165, 1.54) is 6.92 Å². The maximum Gasteiger partial charge on any atom is 0.574 e. The van der Waals surface area contributed by atoms with Crippen molar-refractivity contribution >= 4 is 5.97 Å². The number of esters is 1. The van der Waals surface area contributed by atoms with E-state index in [0.717, 1.165) is 6.07 Å². The fourth-order valence-electron chi connectivity index (χ4n) is 1.66. The molecule has 5 nitrogen and oxygen atoms in total. The van der Waals surface area contributed by atoms with Crippen LogP contribution in [0.3, 0.4) is 0 Å². The van der Waals surface area contributed by atoms with Crippen LogP contribution in [-0.2, 0) is 22.5 Å². The first-order valence-electron chi connectivity index (χ1n) is 6.10. The minimum Gasteiger partial charge on any atom is -0.466 e. The summed E-state index contributed by atoms with van der Waals surface area (Å²) in [7, 11) is 0. The second-order valence-electron chi connectivity index (χ2n) is 4.02. The number of alkyl halides is 5. The van der Waals surface area contributed by atoms with Gasteiger partial charge in [-0.25, -0.2) is 13.8 Å².